The number of amides is 1. The summed E-state index contributed by atoms with van der Waals surface area (Å²) in [4.78, 5) is 14.2. The molecule has 122 valence electrons. The Kier molecular flexibility index (Phi) is 6.21. The molecule has 0 aliphatic carbocycles. The zero-order valence-corrected chi connectivity index (χ0v) is 13.5. The van der Waals surface area contributed by atoms with E-state index in [0.29, 0.717) is 26.4 Å². The van der Waals surface area contributed by atoms with Crippen LogP contribution in [0.3, 0.4) is 0 Å². The molecule has 1 unspecified atom stereocenters. The molecule has 1 heterocycles. The minimum atomic E-state index is -0.451. The highest BCUT2D eigenvalue weighted by atomic mass is 16.5. The molecule has 0 aromatic heterocycles. The highest BCUT2D eigenvalue weighted by molar-refractivity contribution is 5.81. The number of ether oxygens (including phenoxy) is 2. The third kappa shape index (κ3) is 4.21. The molecule has 1 aliphatic rings. The van der Waals surface area contributed by atoms with E-state index in [0.717, 1.165) is 24.2 Å². The van der Waals surface area contributed by atoms with Crippen LogP contribution in [0.5, 0.6) is 5.75 Å². The lowest BCUT2D eigenvalue weighted by atomic mass is 9.91. The third-order valence-electron chi connectivity index (χ3n) is 4.12. The fourth-order valence-electron chi connectivity index (χ4n) is 2.80. The van der Waals surface area contributed by atoms with Crippen molar-refractivity contribution in [1.29, 1.82) is 0 Å². The predicted octanol–water partition coefficient (Wildman–Crippen LogP) is 1.80. The summed E-state index contributed by atoms with van der Waals surface area (Å²) in [5.41, 5.74) is 7.16. The molecule has 22 heavy (non-hydrogen) atoms. The maximum absolute atomic E-state index is 12.5. The van der Waals surface area contributed by atoms with Crippen molar-refractivity contribution in [2.24, 2.45) is 11.7 Å². The topological polar surface area (TPSA) is 64.8 Å². The molecule has 1 aromatic carbocycles. The van der Waals surface area contributed by atoms with Crippen LogP contribution in [0.2, 0.25) is 0 Å². The van der Waals surface area contributed by atoms with Gasteiger partial charge in [0.15, 0.2) is 0 Å². The maximum Gasteiger partial charge on any atom is 0.239 e. The van der Waals surface area contributed by atoms with Crippen molar-refractivity contribution in [3.8, 4) is 5.75 Å². The summed E-state index contributed by atoms with van der Waals surface area (Å²) < 4.78 is 10.9. The van der Waals surface area contributed by atoms with E-state index in [1.54, 1.807) is 11.9 Å². The molecule has 2 rings (SSSR count). The molecule has 5 heteroatoms. The lowest BCUT2D eigenvalue weighted by Crippen LogP contribution is -2.47. The van der Waals surface area contributed by atoms with Crippen molar-refractivity contribution in [3.63, 3.8) is 0 Å². The average Bonchev–Trinajstić information content (AvgIpc) is 2.56. The van der Waals surface area contributed by atoms with Gasteiger partial charge >= 0.3 is 0 Å². The van der Waals surface area contributed by atoms with Gasteiger partial charge in [0.25, 0.3) is 0 Å². The molecule has 0 saturated carbocycles. The van der Waals surface area contributed by atoms with Gasteiger partial charge in [-0.05, 0) is 31.7 Å². The lowest BCUT2D eigenvalue weighted by molar-refractivity contribution is -0.133. The first-order valence-electron chi connectivity index (χ1n) is 7.92. The quantitative estimate of drug-likeness (QED) is 0.870. The van der Waals surface area contributed by atoms with Crippen LogP contribution in [0.1, 0.15) is 25.3 Å². The first kappa shape index (κ1) is 16.8. The van der Waals surface area contributed by atoms with Gasteiger partial charge < -0.3 is 20.1 Å². The minimum Gasteiger partial charge on any atom is -0.494 e. The van der Waals surface area contributed by atoms with Crippen LogP contribution in [-0.4, -0.2) is 43.7 Å². The number of hydrogen-bond acceptors (Lipinski definition) is 4. The van der Waals surface area contributed by atoms with Crippen LogP contribution < -0.4 is 10.5 Å². The van der Waals surface area contributed by atoms with E-state index < -0.39 is 6.04 Å². The van der Waals surface area contributed by atoms with Crippen LogP contribution in [-0.2, 0) is 16.1 Å². The summed E-state index contributed by atoms with van der Waals surface area (Å²) in [6.45, 7) is 4.46. The van der Waals surface area contributed by atoms with Gasteiger partial charge in [0, 0.05) is 32.4 Å². The molecular weight excluding hydrogens is 280 g/mol. The second-order valence-electron chi connectivity index (χ2n) is 5.71. The summed E-state index contributed by atoms with van der Waals surface area (Å²) in [5, 5.41) is 0. The Balaban J connectivity index is 1.98. The van der Waals surface area contributed by atoms with Crippen molar-refractivity contribution in [2.45, 2.75) is 32.4 Å². The molecule has 1 aliphatic heterocycles. The van der Waals surface area contributed by atoms with Crippen LogP contribution >= 0.6 is 0 Å². The Morgan fingerprint density at radius 1 is 1.41 bits per heavy atom. The summed E-state index contributed by atoms with van der Waals surface area (Å²) in [5.74, 6) is 1.02. The Hall–Kier alpha value is -1.59. The summed E-state index contributed by atoms with van der Waals surface area (Å²) >= 11 is 0. The summed E-state index contributed by atoms with van der Waals surface area (Å²) in [6.07, 6.45) is 1.71. The minimum absolute atomic E-state index is 0.0156. The summed E-state index contributed by atoms with van der Waals surface area (Å²) in [6, 6.07) is 7.34. The Morgan fingerprint density at radius 2 is 2.09 bits per heavy atom. The maximum atomic E-state index is 12.5. The number of nitrogens with zero attached hydrogens (tertiary/aromatic N) is 1. The SMILES string of the molecule is CCOc1ccccc1CN(C)C(=O)C(N)C1CCOCC1. The lowest BCUT2D eigenvalue weighted by Gasteiger charge is -2.30. The van der Waals surface area contributed by atoms with Gasteiger partial charge in [-0.25, -0.2) is 0 Å². The predicted molar refractivity (Wildman–Crippen MR) is 85.6 cm³/mol. The molecule has 0 spiro atoms. The number of likely N-dealkylation sites (N-methyl/N-ethyl adjacent to an activating group) is 1. The molecule has 1 aromatic rings. The fraction of sp³-hybridized carbons (Fsp3) is 0.588. The first-order valence-corrected chi connectivity index (χ1v) is 7.92. The number of nitrogens with two attached hydrogens (primary N) is 1. The number of benzene rings is 1. The van der Waals surface area contributed by atoms with Gasteiger partial charge in [0.05, 0.1) is 12.6 Å². The van der Waals surface area contributed by atoms with Gasteiger partial charge in [-0.1, -0.05) is 18.2 Å². The van der Waals surface area contributed by atoms with Gasteiger partial charge in [-0.15, -0.1) is 0 Å². The van der Waals surface area contributed by atoms with Crippen molar-refractivity contribution >= 4 is 5.91 Å². The smallest absolute Gasteiger partial charge is 0.239 e. The van der Waals surface area contributed by atoms with Crippen LogP contribution in [0.15, 0.2) is 24.3 Å². The zero-order chi connectivity index (χ0) is 15.9. The first-order chi connectivity index (χ1) is 10.6. The van der Waals surface area contributed by atoms with E-state index >= 15 is 0 Å². The number of rotatable bonds is 6. The van der Waals surface area contributed by atoms with E-state index in [-0.39, 0.29) is 11.8 Å². The van der Waals surface area contributed by atoms with Crippen molar-refractivity contribution in [3.05, 3.63) is 29.8 Å². The van der Waals surface area contributed by atoms with Crippen molar-refractivity contribution < 1.29 is 14.3 Å². The van der Waals surface area contributed by atoms with E-state index in [1.165, 1.54) is 0 Å². The second-order valence-corrected chi connectivity index (χ2v) is 5.71. The third-order valence-corrected chi connectivity index (χ3v) is 4.12. The highest BCUT2D eigenvalue weighted by Gasteiger charge is 2.28. The Morgan fingerprint density at radius 3 is 2.77 bits per heavy atom. The largest absolute Gasteiger partial charge is 0.494 e. The molecule has 1 atom stereocenters. The normalized spacial score (nSPS) is 17.0. The van der Waals surface area contributed by atoms with E-state index in [2.05, 4.69) is 0 Å². The molecular formula is C17H26N2O3. The van der Waals surface area contributed by atoms with Crippen LogP contribution in [0, 0.1) is 5.92 Å². The number of carbonyl (C=O) groups excluding carboxylic acids is 1. The van der Waals surface area contributed by atoms with Crippen molar-refractivity contribution in [2.75, 3.05) is 26.9 Å². The number of carbonyl (C=O) groups is 1. The molecule has 1 saturated heterocycles. The second kappa shape index (κ2) is 8.15. The average molecular weight is 306 g/mol. The van der Waals surface area contributed by atoms with E-state index in [1.807, 2.05) is 31.2 Å². The molecule has 0 bridgehead atoms. The molecule has 5 nitrogen and oxygen atoms in total. The molecule has 2 N–H and O–H groups in total. The van der Waals surface area contributed by atoms with Gasteiger partial charge in [0.2, 0.25) is 5.91 Å². The van der Waals surface area contributed by atoms with Crippen LogP contribution in [0.4, 0.5) is 0 Å². The highest BCUT2D eigenvalue weighted by Crippen LogP contribution is 2.22. The summed E-state index contributed by atoms with van der Waals surface area (Å²) in [7, 11) is 1.80. The van der Waals surface area contributed by atoms with Gasteiger partial charge in [0.1, 0.15) is 5.75 Å². The van der Waals surface area contributed by atoms with E-state index in [4.69, 9.17) is 15.2 Å². The number of hydrogen-bond donors (Lipinski definition) is 1. The monoisotopic (exact) mass is 306 g/mol. The Labute approximate surface area is 132 Å². The standard InChI is InChI=1S/C17H26N2O3/c1-3-22-15-7-5-4-6-14(15)12-19(2)17(20)16(18)13-8-10-21-11-9-13/h4-7,13,16H,3,8-12,18H2,1-2H3. The van der Waals surface area contributed by atoms with Gasteiger partial charge in [-0.2, -0.15) is 0 Å². The Bertz CT molecular complexity index is 487. The molecule has 0 radical (unpaired) electrons. The fourth-order valence-corrected chi connectivity index (χ4v) is 2.80. The zero-order valence-electron chi connectivity index (χ0n) is 13.5. The van der Waals surface area contributed by atoms with Crippen LogP contribution in [0.25, 0.3) is 0 Å². The van der Waals surface area contributed by atoms with Crippen molar-refractivity contribution in [1.82, 2.24) is 4.90 Å². The van der Waals surface area contributed by atoms with E-state index in [9.17, 15) is 4.79 Å². The molecule has 1 amide bonds. The number of para-hydroxylation sites is 1. The van der Waals surface area contributed by atoms with Gasteiger partial charge in [-0.3, -0.25) is 4.79 Å². The molecule has 1 fully saturated rings.